The van der Waals surface area contributed by atoms with Gasteiger partial charge in [-0.05, 0) is 13.8 Å². The average Bonchev–Trinajstić information content (AvgIpc) is 1.59. The van der Waals surface area contributed by atoms with E-state index in [1.165, 1.54) is 0 Å². The third-order valence-corrected chi connectivity index (χ3v) is 1.26. The smallest absolute Gasteiger partial charge is 0.121 e. The van der Waals surface area contributed by atoms with Gasteiger partial charge in [-0.15, -0.1) is 0 Å². The number of hydrogen-bond acceptors (Lipinski definition) is 3. The Labute approximate surface area is 53.8 Å². The Kier molecular flexibility index (Phi) is 2.02. The molecule has 0 aliphatic carbocycles. The van der Waals surface area contributed by atoms with Crippen LogP contribution in [0.3, 0.4) is 0 Å². The maximum atomic E-state index is 10.4. The van der Waals surface area contributed by atoms with Gasteiger partial charge in [0, 0.05) is 6.42 Å². The van der Waals surface area contributed by atoms with Crippen LogP contribution >= 0.6 is 0 Å². The van der Waals surface area contributed by atoms with Gasteiger partial charge in [-0.1, -0.05) is 5.39 Å². The van der Waals surface area contributed by atoms with Crippen LogP contribution < -0.4 is 5.39 Å². The zero-order valence-corrected chi connectivity index (χ0v) is 5.59. The number of nitrogens with one attached hydrogen (secondary N) is 1. The van der Waals surface area contributed by atoms with Crippen molar-refractivity contribution in [2.24, 2.45) is 0 Å². The molecule has 1 N–H and O–H groups in total. The van der Waals surface area contributed by atoms with Crippen molar-refractivity contribution in [2.75, 3.05) is 0 Å². The molecule has 1 aliphatic rings. The lowest BCUT2D eigenvalue weighted by molar-refractivity contribution is -1.22. The molecule has 0 aromatic heterocycles. The summed E-state index contributed by atoms with van der Waals surface area (Å²) in [4.78, 5) is 9.39. The molecule has 0 spiro atoms. The summed E-state index contributed by atoms with van der Waals surface area (Å²) in [6.07, 6.45) is 0.827. The van der Waals surface area contributed by atoms with Gasteiger partial charge in [-0.25, -0.2) is 0 Å². The van der Waals surface area contributed by atoms with E-state index in [0.29, 0.717) is 0 Å². The third-order valence-electron chi connectivity index (χ3n) is 1.26. The molecule has 1 rings (SSSR count). The molecule has 0 bridgehead atoms. The highest BCUT2D eigenvalue weighted by Gasteiger charge is 2.22. The molecule has 0 aromatic carbocycles. The van der Waals surface area contributed by atoms with E-state index in [1.807, 2.05) is 13.8 Å². The first-order valence-corrected chi connectivity index (χ1v) is 3.05. The standard InChI is InChI=1S/C5H11NO3/c1-4-3-5(2)9-6(7)8-4/h4-6H,3H2,1-2H3/t4-,5-/m0/s1. The van der Waals surface area contributed by atoms with Crippen LogP contribution in [0.25, 0.3) is 0 Å². The van der Waals surface area contributed by atoms with Crippen LogP contribution in [0.2, 0.25) is 0 Å². The number of rotatable bonds is 0. The van der Waals surface area contributed by atoms with Crippen LogP contribution in [0.15, 0.2) is 0 Å². The topological polar surface area (TPSA) is 46.0 Å². The maximum absolute atomic E-state index is 10.4. The van der Waals surface area contributed by atoms with Crippen molar-refractivity contribution in [3.63, 3.8) is 0 Å². The van der Waals surface area contributed by atoms with Crippen molar-refractivity contribution in [1.82, 2.24) is 0 Å². The minimum Gasteiger partial charge on any atom is -0.566 e. The van der Waals surface area contributed by atoms with E-state index < -0.39 is 5.39 Å². The van der Waals surface area contributed by atoms with E-state index in [1.54, 1.807) is 0 Å². The molecular formula is C5H11NO3. The van der Waals surface area contributed by atoms with Crippen LogP contribution in [0.5, 0.6) is 0 Å². The molecule has 1 saturated heterocycles. The lowest BCUT2D eigenvalue weighted by Gasteiger charge is -2.29. The average molecular weight is 133 g/mol. The summed E-state index contributed by atoms with van der Waals surface area (Å²) in [6.45, 7) is 3.72. The Morgan fingerprint density at radius 1 is 1.33 bits per heavy atom. The van der Waals surface area contributed by atoms with Crippen LogP contribution in [-0.2, 0) is 9.68 Å². The molecule has 0 amide bonds. The minimum atomic E-state index is -0.541. The lowest BCUT2D eigenvalue weighted by atomic mass is 10.2. The van der Waals surface area contributed by atoms with Gasteiger partial charge in [-0.2, -0.15) is 9.68 Å². The van der Waals surface area contributed by atoms with Gasteiger partial charge in [0.15, 0.2) is 0 Å². The minimum absolute atomic E-state index is 0.0150. The van der Waals surface area contributed by atoms with Crippen molar-refractivity contribution in [2.45, 2.75) is 32.5 Å². The first kappa shape index (κ1) is 6.95. The molecule has 0 saturated carbocycles. The van der Waals surface area contributed by atoms with E-state index in [9.17, 15) is 5.21 Å². The van der Waals surface area contributed by atoms with Crippen molar-refractivity contribution in [3.8, 4) is 0 Å². The Balaban J connectivity index is 2.34. The molecule has 1 aliphatic heterocycles. The Morgan fingerprint density at radius 2 is 1.78 bits per heavy atom. The van der Waals surface area contributed by atoms with Gasteiger partial charge in [0.05, 0.1) is 0 Å². The van der Waals surface area contributed by atoms with E-state index >= 15 is 0 Å². The van der Waals surface area contributed by atoms with Crippen molar-refractivity contribution in [3.05, 3.63) is 5.21 Å². The summed E-state index contributed by atoms with van der Waals surface area (Å²) >= 11 is 0. The monoisotopic (exact) mass is 133 g/mol. The van der Waals surface area contributed by atoms with E-state index in [-0.39, 0.29) is 12.2 Å². The summed E-state index contributed by atoms with van der Waals surface area (Å²) in [5.74, 6) is 0. The van der Waals surface area contributed by atoms with Crippen LogP contribution in [0, 0.1) is 5.21 Å². The van der Waals surface area contributed by atoms with E-state index in [4.69, 9.17) is 9.68 Å². The fraction of sp³-hybridized carbons (Fsp3) is 1.00. The van der Waals surface area contributed by atoms with Gasteiger partial charge in [-0.3, -0.25) is 0 Å². The summed E-state index contributed by atoms with van der Waals surface area (Å²) in [5.41, 5.74) is 0. The summed E-state index contributed by atoms with van der Waals surface area (Å²) in [5, 5.41) is 9.90. The highest BCUT2D eigenvalue weighted by Crippen LogP contribution is 2.04. The molecule has 9 heavy (non-hydrogen) atoms. The molecule has 1 fully saturated rings. The van der Waals surface area contributed by atoms with Crippen molar-refractivity contribution >= 4 is 0 Å². The first-order valence-electron chi connectivity index (χ1n) is 3.05. The zero-order chi connectivity index (χ0) is 6.85. The molecular weight excluding hydrogens is 122 g/mol. The first-order chi connectivity index (χ1) is 4.18. The molecule has 0 aromatic rings. The number of quaternary nitrogens is 1. The second-order valence-electron chi connectivity index (χ2n) is 2.34. The molecule has 1 heterocycles. The maximum Gasteiger partial charge on any atom is 0.121 e. The van der Waals surface area contributed by atoms with Crippen molar-refractivity contribution in [1.29, 1.82) is 0 Å². The van der Waals surface area contributed by atoms with Crippen LogP contribution in [-0.4, -0.2) is 12.2 Å². The quantitative estimate of drug-likeness (QED) is 0.449. The largest absolute Gasteiger partial charge is 0.566 e. The predicted octanol–water partition coefficient (Wildman–Crippen LogP) is -0.587. The van der Waals surface area contributed by atoms with Gasteiger partial charge in [0.25, 0.3) is 0 Å². The second-order valence-corrected chi connectivity index (χ2v) is 2.34. The molecule has 54 valence electrons. The number of hydrogen-bond donors (Lipinski definition) is 1. The predicted molar refractivity (Wildman–Crippen MR) is 30.0 cm³/mol. The van der Waals surface area contributed by atoms with E-state index in [0.717, 1.165) is 6.42 Å². The second kappa shape index (κ2) is 2.62. The van der Waals surface area contributed by atoms with Crippen molar-refractivity contribution < 1.29 is 15.1 Å². The molecule has 0 unspecified atom stereocenters. The Bertz CT molecular complexity index is 73.2. The van der Waals surface area contributed by atoms with Gasteiger partial charge < -0.3 is 5.21 Å². The fourth-order valence-electron chi connectivity index (χ4n) is 0.920. The summed E-state index contributed by atoms with van der Waals surface area (Å²) in [7, 11) is 0. The van der Waals surface area contributed by atoms with Gasteiger partial charge in [0.1, 0.15) is 12.2 Å². The SMILES string of the molecule is C[C@H]1C[C@H](C)O[NH+]([O-])O1. The van der Waals surface area contributed by atoms with Gasteiger partial charge in [0.2, 0.25) is 0 Å². The lowest BCUT2D eigenvalue weighted by Crippen LogP contribution is -3.07. The van der Waals surface area contributed by atoms with E-state index in [2.05, 4.69) is 0 Å². The fourth-order valence-corrected chi connectivity index (χ4v) is 0.920. The highest BCUT2D eigenvalue weighted by atomic mass is 17.1. The zero-order valence-electron chi connectivity index (χ0n) is 5.59. The summed E-state index contributed by atoms with van der Waals surface area (Å²) < 4.78 is 0. The molecule has 4 nitrogen and oxygen atoms in total. The normalized spacial score (nSPS) is 45.0. The van der Waals surface area contributed by atoms with Gasteiger partial charge >= 0.3 is 0 Å². The Hall–Kier alpha value is -0.160. The summed E-state index contributed by atoms with van der Waals surface area (Å²) in [6, 6.07) is 0. The van der Waals surface area contributed by atoms with Crippen LogP contribution in [0.1, 0.15) is 20.3 Å². The third kappa shape index (κ3) is 1.91. The highest BCUT2D eigenvalue weighted by molar-refractivity contribution is 4.55. The Morgan fingerprint density at radius 3 is 2.11 bits per heavy atom. The molecule has 4 heteroatoms. The van der Waals surface area contributed by atoms with Crippen LogP contribution in [0.4, 0.5) is 0 Å². The molecule has 0 radical (unpaired) electrons. The molecule has 2 atom stereocenters.